The molecule has 0 saturated carbocycles. The average molecular weight is 390 g/mol. The first-order valence-corrected chi connectivity index (χ1v) is 10.3. The first-order valence-electron chi connectivity index (χ1n) is 10.3. The van der Waals surface area contributed by atoms with E-state index in [2.05, 4.69) is 47.2 Å². The standard InChI is InChI=1S/C23H26N4O2/c1-14(2)13-24-17-12-18(27-10-8-26(3)9-11-27)21-20-19(17)22(28)15-6-4-5-7-16(15)23(20)29-25-21/h4-7,12,14,24H,8-11,13H2,1-3H3. The van der Waals surface area contributed by atoms with E-state index in [1.807, 2.05) is 24.3 Å². The smallest absolute Gasteiger partial charge is 0.196 e. The molecule has 1 N–H and O–H groups in total. The number of benzene rings is 2. The Balaban J connectivity index is 1.73. The van der Waals surface area contributed by atoms with Crippen molar-refractivity contribution in [3.05, 3.63) is 41.5 Å². The number of rotatable bonds is 4. The fourth-order valence-corrected chi connectivity index (χ4v) is 4.28. The number of nitrogens with zero attached hydrogens (tertiary/aromatic N) is 3. The third-order valence-electron chi connectivity index (χ3n) is 5.92. The van der Waals surface area contributed by atoms with E-state index < -0.39 is 0 Å². The lowest BCUT2D eigenvalue weighted by atomic mass is 9.86. The molecule has 0 atom stereocenters. The summed E-state index contributed by atoms with van der Waals surface area (Å²) in [6, 6.07) is 9.75. The molecular weight excluding hydrogens is 364 g/mol. The highest BCUT2D eigenvalue weighted by molar-refractivity contribution is 6.28. The van der Waals surface area contributed by atoms with Gasteiger partial charge in [0, 0.05) is 49.5 Å². The summed E-state index contributed by atoms with van der Waals surface area (Å²) in [7, 11) is 2.15. The van der Waals surface area contributed by atoms with E-state index in [0.29, 0.717) is 22.8 Å². The van der Waals surface area contributed by atoms with Gasteiger partial charge in [0.15, 0.2) is 11.5 Å². The Hall–Kier alpha value is -2.86. The molecule has 1 aromatic heterocycles. The van der Waals surface area contributed by atoms with Crippen molar-refractivity contribution in [2.45, 2.75) is 13.8 Å². The van der Waals surface area contributed by atoms with Crippen LogP contribution in [-0.4, -0.2) is 55.6 Å². The number of ketones is 1. The number of likely N-dealkylation sites (N-methyl/N-ethyl adjacent to an activating group) is 1. The van der Waals surface area contributed by atoms with Crippen LogP contribution in [0.25, 0.3) is 22.2 Å². The molecule has 6 nitrogen and oxygen atoms in total. The molecule has 0 bridgehead atoms. The fraction of sp³-hybridized carbons (Fsp3) is 0.391. The van der Waals surface area contributed by atoms with Gasteiger partial charge in [0.25, 0.3) is 0 Å². The second-order valence-electron chi connectivity index (χ2n) is 8.49. The van der Waals surface area contributed by atoms with Crippen LogP contribution in [0.3, 0.4) is 0 Å². The monoisotopic (exact) mass is 390 g/mol. The molecule has 2 aliphatic rings. The van der Waals surface area contributed by atoms with Gasteiger partial charge in [-0.3, -0.25) is 4.79 Å². The van der Waals surface area contributed by atoms with Gasteiger partial charge in [-0.15, -0.1) is 0 Å². The topological polar surface area (TPSA) is 61.6 Å². The van der Waals surface area contributed by atoms with E-state index in [0.717, 1.165) is 60.6 Å². The largest absolute Gasteiger partial charge is 0.384 e. The van der Waals surface area contributed by atoms with Crippen molar-refractivity contribution in [2.75, 3.05) is 50.0 Å². The summed E-state index contributed by atoms with van der Waals surface area (Å²) in [4.78, 5) is 18.1. The van der Waals surface area contributed by atoms with Gasteiger partial charge in [0.1, 0.15) is 5.52 Å². The molecule has 1 saturated heterocycles. The number of anilines is 2. The third kappa shape index (κ3) is 2.90. The van der Waals surface area contributed by atoms with Crippen LogP contribution >= 0.6 is 0 Å². The fourth-order valence-electron chi connectivity index (χ4n) is 4.28. The Morgan fingerprint density at radius 1 is 1.14 bits per heavy atom. The predicted octanol–water partition coefficient (Wildman–Crippen LogP) is 3.86. The highest BCUT2D eigenvalue weighted by atomic mass is 16.5. The SMILES string of the molecule is CC(C)CNc1cc(N2CCN(C)CC2)c2noc3c2c1C(=O)c1ccccc1-3. The first kappa shape index (κ1) is 18.2. The molecule has 0 spiro atoms. The molecule has 2 aromatic carbocycles. The van der Waals surface area contributed by atoms with Crippen molar-refractivity contribution >= 4 is 28.1 Å². The Labute approximate surface area is 170 Å². The minimum atomic E-state index is 0.0393. The maximum absolute atomic E-state index is 13.5. The molecule has 29 heavy (non-hydrogen) atoms. The second kappa shape index (κ2) is 6.88. The number of aromatic nitrogens is 1. The van der Waals surface area contributed by atoms with E-state index in [-0.39, 0.29) is 5.78 Å². The lowest BCUT2D eigenvalue weighted by Crippen LogP contribution is -2.44. The summed E-state index contributed by atoms with van der Waals surface area (Å²) in [5, 5.41) is 8.82. The summed E-state index contributed by atoms with van der Waals surface area (Å²) < 4.78 is 5.84. The van der Waals surface area contributed by atoms with Crippen molar-refractivity contribution in [1.29, 1.82) is 0 Å². The van der Waals surface area contributed by atoms with E-state index in [4.69, 9.17) is 4.52 Å². The molecule has 6 heteroatoms. The maximum atomic E-state index is 13.5. The van der Waals surface area contributed by atoms with Gasteiger partial charge in [-0.2, -0.15) is 0 Å². The maximum Gasteiger partial charge on any atom is 0.196 e. The molecule has 150 valence electrons. The third-order valence-corrected chi connectivity index (χ3v) is 5.92. The zero-order valence-corrected chi connectivity index (χ0v) is 17.2. The van der Waals surface area contributed by atoms with Crippen LogP contribution < -0.4 is 10.2 Å². The Morgan fingerprint density at radius 2 is 1.86 bits per heavy atom. The number of hydrogen-bond acceptors (Lipinski definition) is 6. The number of hydrogen-bond donors (Lipinski definition) is 1. The second-order valence-corrected chi connectivity index (χ2v) is 8.49. The minimum absolute atomic E-state index is 0.0393. The van der Waals surface area contributed by atoms with Crippen LogP contribution in [0.4, 0.5) is 11.4 Å². The lowest BCUT2D eigenvalue weighted by molar-refractivity contribution is 0.104. The van der Waals surface area contributed by atoms with Crippen molar-refractivity contribution in [1.82, 2.24) is 10.1 Å². The van der Waals surface area contributed by atoms with E-state index in [1.165, 1.54) is 0 Å². The predicted molar refractivity (Wildman–Crippen MR) is 116 cm³/mol. The van der Waals surface area contributed by atoms with Crippen LogP contribution in [0.2, 0.25) is 0 Å². The summed E-state index contributed by atoms with van der Waals surface area (Å²) in [6.07, 6.45) is 0. The highest BCUT2D eigenvalue weighted by Gasteiger charge is 2.33. The molecule has 2 heterocycles. The van der Waals surface area contributed by atoms with Crippen LogP contribution in [0.15, 0.2) is 34.9 Å². The molecule has 0 amide bonds. The molecule has 5 rings (SSSR count). The van der Waals surface area contributed by atoms with Gasteiger partial charge in [-0.1, -0.05) is 43.3 Å². The summed E-state index contributed by atoms with van der Waals surface area (Å²) in [5.41, 5.74) is 4.91. The Bertz CT molecular complexity index is 1090. The van der Waals surface area contributed by atoms with Crippen molar-refractivity contribution < 1.29 is 9.32 Å². The zero-order valence-electron chi connectivity index (χ0n) is 17.2. The van der Waals surface area contributed by atoms with Gasteiger partial charge >= 0.3 is 0 Å². The Kier molecular flexibility index (Phi) is 4.32. The van der Waals surface area contributed by atoms with Crippen LogP contribution in [-0.2, 0) is 0 Å². The van der Waals surface area contributed by atoms with Crippen LogP contribution in [0.1, 0.15) is 29.8 Å². The summed E-state index contributed by atoms with van der Waals surface area (Å²) in [6.45, 7) is 9.01. The van der Waals surface area contributed by atoms with Gasteiger partial charge < -0.3 is 19.6 Å². The molecule has 0 radical (unpaired) electrons. The van der Waals surface area contributed by atoms with E-state index >= 15 is 0 Å². The van der Waals surface area contributed by atoms with Crippen LogP contribution in [0.5, 0.6) is 0 Å². The van der Waals surface area contributed by atoms with Gasteiger partial charge in [0.05, 0.1) is 16.6 Å². The van der Waals surface area contributed by atoms with Gasteiger partial charge in [-0.05, 0) is 19.0 Å². The van der Waals surface area contributed by atoms with E-state index in [9.17, 15) is 4.79 Å². The molecular formula is C23H26N4O2. The van der Waals surface area contributed by atoms with Crippen molar-refractivity contribution in [2.24, 2.45) is 5.92 Å². The van der Waals surface area contributed by atoms with Crippen molar-refractivity contribution in [3.8, 4) is 11.3 Å². The number of carbonyl (C=O) groups excluding carboxylic acids is 1. The first-order chi connectivity index (χ1) is 14.0. The summed E-state index contributed by atoms with van der Waals surface area (Å²) in [5.74, 6) is 1.21. The zero-order chi connectivity index (χ0) is 20.1. The summed E-state index contributed by atoms with van der Waals surface area (Å²) >= 11 is 0. The molecule has 1 fully saturated rings. The molecule has 1 aliphatic carbocycles. The number of nitrogens with one attached hydrogen (secondary N) is 1. The van der Waals surface area contributed by atoms with Gasteiger partial charge in [-0.25, -0.2) is 0 Å². The Morgan fingerprint density at radius 3 is 2.59 bits per heavy atom. The van der Waals surface area contributed by atoms with E-state index in [1.54, 1.807) is 0 Å². The highest BCUT2D eigenvalue weighted by Crippen LogP contribution is 2.45. The lowest BCUT2D eigenvalue weighted by Gasteiger charge is -2.34. The molecule has 1 aliphatic heterocycles. The normalized spacial score (nSPS) is 16.6. The average Bonchev–Trinajstić information content (AvgIpc) is 3.16. The minimum Gasteiger partial charge on any atom is -0.384 e. The van der Waals surface area contributed by atoms with Crippen molar-refractivity contribution in [3.63, 3.8) is 0 Å². The number of carbonyl (C=O) groups is 1. The molecule has 3 aromatic rings. The number of fused-ring (bicyclic) bond motifs is 2. The van der Waals surface area contributed by atoms with Gasteiger partial charge in [0.2, 0.25) is 0 Å². The quantitative estimate of drug-likeness (QED) is 0.571. The van der Waals surface area contributed by atoms with Crippen LogP contribution in [0, 0.1) is 5.92 Å². The number of piperazine rings is 1. The molecule has 0 unspecified atom stereocenters.